The Hall–Kier alpha value is -1.43. The van der Waals surface area contributed by atoms with Crippen LogP contribution in [0.5, 0.6) is 0 Å². The summed E-state index contributed by atoms with van der Waals surface area (Å²) in [6.45, 7) is 4.38. The molecule has 1 aromatic carbocycles. The van der Waals surface area contributed by atoms with E-state index in [1.165, 1.54) is 11.3 Å². The normalized spacial score (nSPS) is 15.2. The number of hydrogen-bond acceptors (Lipinski definition) is 4. The number of aryl methyl sites for hydroxylation is 1. The molecule has 0 radical (unpaired) electrons. The van der Waals surface area contributed by atoms with Crippen LogP contribution >= 0.6 is 22.9 Å². The molecule has 1 fully saturated rings. The number of thiazole rings is 1. The van der Waals surface area contributed by atoms with Crippen LogP contribution in [0.2, 0.25) is 5.02 Å². The van der Waals surface area contributed by atoms with Gasteiger partial charge in [-0.3, -0.25) is 4.79 Å². The van der Waals surface area contributed by atoms with Crippen LogP contribution in [-0.4, -0.2) is 42.1 Å². The average molecular weight is 323 g/mol. The third-order valence-corrected chi connectivity index (χ3v) is 4.83. The van der Waals surface area contributed by atoms with E-state index in [4.69, 9.17) is 16.3 Å². The van der Waals surface area contributed by atoms with E-state index < -0.39 is 0 Å². The zero-order chi connectivity index (χ0) is 14.8. The van der Waals surface area contributed by atoms with E-state index in [0.29, 0.717) is 36.2 Å². The van der Waals surface area contributed by atoms with Crippen LogP contribution in [0.15, 0.2) is 24.3 Å². The maximum atomic E-state index is 12.5. The fourth-order valence-corrected chi connectivity index (χ4v) is 3.39. The highest BCUT2D eigenvalue weighted by molar-refractivity contribution is 7.17. The summed E-state index contributed by atoms with van der Waals surface area (Å²) in [5.41, 5.74) is 1.76. The Balaban J connectivity index is 1.87. The SMILES string of the molecule is Cc1nc(-c2ccc(Cl)cc2)sc1C(=O)N1CCOCC1. The van der Waals surface area contributed by atoms with Crippen LogP contribution in [0.25, 0.3) is 10.6 Å². The van der Waals surface area contributed by atoms with Crippen molar-refractivity contribution in [3.63, 3.8) is 0 Å². The molecule has 0 saturated carbocycles. The predicted octanol–water partition coefficient (Wildman–Crippen LogP) is 3.24. The number of rotatable bonds is 2. The largest absolute Gasteiger partial charge is 0.378 e. The lowest BCUT2D eigenvalue weighted by Crippen LogP contribution is -2.40. The van der Waals surface area contributed by atoms with Crippen LogP contribution in [0.4, 0.5) is 0 Å². The molecule has 4 nitrogen and oxygen atoms in total. The smallest absolute Gasteiger partial charge is 0.266 e. The van der Waals surface area contributed by atoms with Crippen LogP contribution < -0.4 is 0 Å². The molecule has 0 atom stereocenters. The second-order valence-corrected chi connectivity index (χ2v) is 6.28. The van der Waals surface area contributed by atoms with E-state index in [1.807, 2.05) is 36.1 Å². The number of nitrogens with zero attached hydrogens (tertiary/aromatic N) is 2. The summed E-state index contributed by atoms with van der Waals surface area (Å²) in [6, 6.07) is 7.50. The Morgan fingerprint density at radius 3 is 2.62 bits per heavy atom. The summed E-state index contributed by atoms with van der Waals surface area (Å²) in [5, 5.41) is 1.54. The van der Waals surface area contributed by atoms with Gasteiger partial charge in [-0.05, 0) is 19.1 Å². The first-order valence-corrected chi connectivity index (χ1v) is 7.95. The number of hydrogen-bond donors (Lipinski definition) is 0. The van der Waals surface area contributed by atoms with Gasteiger partial charge < -0.3 is 9.64 Å². The maximum absolute atomic E-state index is 12.5. The Bertz CT molecular complexity index is 648. The maximum Gasteiger partial charge on any atom is 0.266 e. The van der Waals surface area contributed by atoms with E-state index in [1.54, 1.807) is 0 Å². The molecule has 2 aromatic rings. The van der Waals surface area contributed by atoms with Crippen molar-refractivity contribution in [2.75, 3.05) is 26.3 Å². The standard InChI is InChI=1S/C15H15ClN2O2S/c1-10-13(15(19)18-6-8-20-9-7-18)21-14(17-10)11-2-4-12(16)5-3-11/h2-5H,6-9H2,1H3. The van der Waals surface area contributed by atoms with Gasteiger partial charge >= 0.3 is 0 Å². The molecule has 0 spiro atoms. The van der Waals surface area contributed by atoms with Crippen molar-refractivity contribution < 1.29 is 9.53 Å². The van der Waals surface area contributed by atoms with Gasteiger partial charge in [0.15, 0.2) is 0 Å². The first-order valence-electron chi connectivity index (χ1n) is 6.75. The van der Waals surface area contributed by atoms with Crippen LogP contribution in [0.1, 0.15) is 15.4 Å². The van der Waals surface area contributed by atoms with Crippen LogP contribution in [-0.2, 0) is 4.74 Å². The zero-order valence-electron chi connectivity index (χ0n) is 11.6. The van der Waals surface area contributed by atoms with Gasteiger partial charge in [0, 0.05) is 23.7 Å². The van der Waals surface area contributed by atoms with E-state index in [0.717, 1.165) is 16.3 Å². The molecule has 1 saturated heterocycles. The van der Waals surface area contributed by atoms with E-state index in [9.17, 15) is 4.79 Å². The number of benzene rings is 1. The lowest BCUT2D eigenvalue weighted by Gasteiger charge is -2.26. The van der Waals surface area contributed by atoms with Gasteiger partial charge in [-0.1, -0.05) is 23.7 Å². The van der Waals surface area contributed by atoms with Crippen molar-refractivity contribution in [3.8, 4) is 10.6 Å². The van der Waals surface area contributed by atoms with Crippen molar-refractivity contribution in [1.29, 1.82) is 0 Å². The molecule has 1 amide bonds. The Labute approximate surface area is 132 Å². The van der Waals surface area contributed by atoms with E-state index >= 15 is 0 Å². The fourth-order valence-electron chi connectivity index (χ4n) is 2.22. The second kappa shape index (κ2) is 6.13. The minimum Gasteiger partial charge on any atom is -0.378 e. The lowest BCUT2D eigenvalue weighted by molar-refractivity contribution is 0.0305. The third-order valence-electron chi connectivity index (χ3n) is 3.38. The zero-order valence-corrected chi connectivity index (χ0v) is 13.2. The van der Waals surface area contributed by atoms with Crippen molar-refractivity contribution in [1.82, 2.24) is 9.88 Å². The van der Waals surface area contributed by atoms with Crippen LogP contribution in [0, 0.1) is 6.92 Å². The topological polar surface area (TPSA) is 42.4 Å². The predicted molar refractivity (Wildman–Crippen MR) is 84.0 cm³/mol. The molecule has 110 valence electrons. The molecule has 6 heteroatoms. The highest BCUT2D eigenvalue weighted by atomic mass is 35.5. The minimum absolute atomic E-state index is 0.0495. The van der Waals surface area contributed by atoms with Crippen molar-refractivity contribution in [3.05, 3.63) is 39.9 Å². The summed E-state index contributed by atoms with van der Waals surface area (Å²) < 4.78 is 5.28. The molecular formula is C15H15ClN2O2S. The summed E-state index contributed by atoms with van der Waals surface area (Å²) in [4.78, 5) is 19.6. The van der Waals surface area contributed by atoms with E-state index in [-0.39, 0.29) is 5.91 Å². The summed E-state index contributed by atoms with van der Waals surface area (Å²) in [6.07, 6.45) is 0. The fraction of sp³-hybridized carbons (Fsp3) is 0.333. The summed E-state index contributed by atoms with van der Waals surface area (Å²) in [7, 11) is 0. The monoisotopic (exact) mass is 322 g/mol. The minimum atomic E-state index is 0.0495. The first-order chi connectivity index (χ1) is 10.1. The molecule has 0 aliphatic carbocycles. The van der Waals surface area contributed by atoms with Crippen molar-refractivity contribution >= 4 is 28.8 Å². The molecule has 1 aliphatic heterocycles. The number of carbonyl (C=O) groups is 1. The highest BCUT2D eigenvalue weighted by Gasteiger charge is 2.23. The lowest BCUT2D eigenvalue weighted by atomic mass is 10.2. The molecule has 3 rings (SSSR count). The number of carbonyl (C=O) groups excluding carboxylic acids is 1. The summed E-state index contributed by atoms with van der Waals surface area (Å²) >= 11 is 7.33. The average Bonchev–Trinajstić information content (AvgIpc) is 2.90. The van der Waals surface area contributed by atoms with Crippen LogP contribution in [0.3, 0.4) is 0 Å². The summed E-state index contributed by atoms with van der Waals surface area (Å²) in [5.74, 6) is 0.0495. The number of amides is 1. The molecule has 1 aliphatic rings. The molecule has 1 aromatic heterocycles. The van der Waals surface area contributed by atoms with Gasteiger partial charge in [-0.15, -0.1) is 11.3 Å². The number of aromatic nitrogens is 1. The Morgan fingerprint density at radius 1 is 1.29 bits per heavy atom. The second-order valence-electron chi connectivity index (χ2n) is 4.85. The highest BCUT2D eigenvalue weighted by Crippen LogP contribution is 2.29. The molecule has 0 bridgehead atoms. The molecule has 21 heavy (non-hydrogen) atoms. The van der Waals surface area contributed by atoms with E-state index in [2.05, 4.69) is 4.98 Å². The number of morpholine rings is 1. The Kier molecular flexibility index (Phi) is 4.24. The van der Waals surface area contributed by atoms with Crippen molar-refractivity contribution in [2.24, 2.45) is 0 Å². The van der Waals surface area contributed by atoms with Crippen molar-refractivity contribution in [2.45, 2.75) is 6.92 Å². The Morgan fingerprint density at radius 2 is 1.95 bits per heavy atom. The van der Waals surface area contributed by atoms with Gasteiger partial charge in [0.1, 0.15) is 9.88 Å². The molecular weight excluding hydrogens is 308 g/mol. The quantitative estimate of drug-likeness (QED) is 0.852. The van der Waals surface area contributed by atoms with Gasteiger partial charge in [0.2, 0.25) is 0 Å². The number of ether oxygens (including phenoxy) is 1. The third kappa shape index (κ3) is 3.10. The van der Waals surface area contributed by atoms with Gasteiger partial charge in [0.25, 0.3) is 5.91 Å². The van der Waals surface area contributed by atoms with Gasteiger partial charge in [-0.25, -0.2) is 4.98 Å². The first kappa shape index (κ1) is 14.5. The van der Waals surface area contributed by atoms with Gasteiger partial charge in [-0.2, -0.15) is 0 Å². The molecule has 2 heterocycles. The number of halogens is 1. The molecule has 0 N–H and O–H groups in total. The molecule has 0 unspecified atom stereocenters. The van der Waals surface area contributed by atoms with Gasteiger partial charge in [0.05, 0.1) is 18.9 Å².